The van der Waals surface area contributed by atoms with Crippen molar-refractivity contribution in [2.45, 2.75) is 45.0 Å². The Kier molecular flexibility index (Phi) is 7.81. The Morgan fingerprint density at radius 3 is 2.52 bits per heavy atom. The molecule has 2 aromatic rings. The molecule has 0 amide bonds. The van der Waals surface area contributed by atoms with Gasteiger partial charge in [0.05, 0.1) is 8.95 Å². The topological polar surface area (TPSA) is 46.5 Å². The minimum Gasteiger partial charge on any atom is -0.487 e. The first kappa shape index (κ1) is 24.2. The van der Waals surface area contributed by atoms with Crippen molar-refractivity contribution < 1.29 is 23.4 Å². The Morgan fingerprint density at radius 2 is 1.90 bits per heavy atom. The van der Waals surface area contributed by atoms with Crippen molar-refractivity contribution in [2.24, 2.45) is 0 Å². The Balaban J connectivity index is 1.91. The zero-order valence-corrected chi connectivity index (χ0v) is 20.7. The lowest BCUT2D eigenvalue weighted by atomic mass is 9.98. The third kappa shape index (κ3) is 5.88. The summed E-state index contributed by atoms with van der Waals surface area (Å²) in [6, 6.07) is 9.17. The van der Waals surface area contributed by atoms with E-state index in [9.17, 15) is 13.6 Å². The van der Waals surface area contributed by atoms with E-state index >= 15 is 0 Å². The van der Waals surface area contributed by atoms with Crippen LogP contribution in [0.2, 0.25) is 5.02 Å². The predicted molar refractivity (Wildman–Crippen MR) is 125 cm³/mol. The normalized spacial score (nSPS) is 14.3. The van der Waals surface area contributed by atoms with Gasteiger partial charge in [0.25, 0.3) is 5.92 Å². The van der Waals surface area contributed by atoms with Crippen LogP contribution in [0.5, 0.6) is 5.75 Å². The minimum atomic E-state index is -3.16. The van der Waals surface area contributed by atoms with E-state index in [2.05, 4.69) is 31.9 Å². The maximum Gasteiger partial charge on any atom is 0.303 e. The molecular weight excluding hydrogens is 558 g/mol. The van der Waals surface area contributed by atoms with E-state index in [1.807, 2.05) is 24.3 Å². The van der Waals surface area contributed by atoms with Crippen molar-refractivity contribution in [3.63, 3.8) is 0 Å². The van der Waals surface area contributed by atoms with Crippen molar-refractivity contribution in [3.8, 4) is 5.75 Å². The number of halogens is 5. The van der Waals surface area contributed by atoms with Crippen LogP contribution in [0.4, 0.5) is 8.78 Å². The highest BCUT2D eigenvalue weighted by molar-refractivity contribution is 9.11. The Hall–Kier alpha value is -1.44. The van der Waals surface area contributed by atoms with E-state index in [1.165, 1.54) is 11.6 Å². The van der Waals surface area contributed by atoms with E-state index in [-0.39, 0.29) is 40.8 Å². The Morgan fingerprint density at radius 1 is 1.23 bits per heavy atom. The van der Waals surface area contributed by atoms with Crippen LogP contribution >= 0.6 is 43.5 Å². The number of ether oxygens (including phenoxy) is 1. The lowest BCUT2D eigenvalue weighted by Gasteiger charge is -2.22. The van der Waals surface area contributed by atoms with Crippen LogP contribution in [0.1, 0.15) is 49.3 Å². The third-order valence-corrected chi connectivity index (χ3v) is 6.82. The summed E-state index contributed by atoms with van der Waals surface area (Å²) in [5.74, 6) is -3.92. The summed E-state index contributed by atoms with van der Waals surface area (Å²) in [6.45, 7) is 1.07. The van der Waals surface area contributed by atoms with Crippen molar-refractivity contribution >= 4 is 55.0 Å². The van der Waals surface area contributed by atoms with Gasteiger partial charge in [-0.15, -0.1) is 0 Å². The second-order valence-electron chi connectivity index (χ2n) is 7.55. The smallest absolute Gasteiger partial charge is 0.303 e. The fraction of sp³-hybridized carbons (Fsp3) is 0.348. The van der Waals surface area contributed by atoms with E-state index in [1.54, 1.807) is 0 Å². The molecule has 0 bridgehead atoms. The molecule has 8 heteroatoms. The van der Waals surface area contributed by atoms with Crippen molar-refractivity contribution in [3.05, 3.63) is 66.6 Å². The zero-order chi connectivity index (χ0) is 22.8. The van der Waals surface area contributed by atoms with E-state index in [4.69, 9.17) is 21.4 Å². The number of benzene rings is 2. The Labute approximate surface area is 201 Å². The average Bonchev–Trinajstić information content (AvgIpc) is 3.14. The van der Waals surface area contributed by atoms with Crippen molar-refractivity contribution in [2.75, 3.05) is 6.61 Å². The maximum atomic E-state index is 14.4. The summed E-state index contributed by atoms with van der Waals surface area (Å²) in [6.07, 6.45) is 2.57. The SMILES string of the molecule is CC(F)(F)c1c(CCC(=O)O)cc(Br)c(OCC2=C(c3ccc(Cl)cc3)CCC2)c1Br. The molecule has 0 unspecified atom stereocenters. The zero-order valence-electron chi connectivity index (χ0n) is 16.8. The molecule has 166 valence electrons. The molecule has 31 heavy (non-hydrogen) atoms. The van der Waals surface area contributed by atoms with Gasteiger partial charge in [0.1, 0.15) is 12.4 Å². The fourth-order valence-corrected chi connectivity index (χ4v) is 5.73. The summed E-state index contributed by atoms with van der Waals surface area (Å²) in [4.78, 5) is 10.9. The van der Waals surface area contributed by atoms with Gasteiger partial charge in [-0.2, -0.15) is 0 Å². The lowest BCUT2D eigenvalue weighted by molar-refractivity contribution is -0.137. The van der Waals surface area contributed by atoms with Crippen molar-refractivity contribution in [1.29, 1.82) is 0 Å². The first-order valence-electron chi connectivity index (χ1n) is 9.78. The molecule has 0 radical (unpaired) electrons. The highest BCUT2D eigenvalue weighted by atomic mass is 79.9. The number of hydrogen-bond acceptors (Lipinski definition) is 2. The largest absolute Gasteiger partial charge is 0.487 e. The molecule has 0 aliphatic heterocycles. The monoisotopic (exact) mass is 576 g/mol. The molecule has 2 aromatic carbocycles. The van der Waals surface area contributed by atoms with E-state index < -0.39 is 11.9 Å². The van der Waals surface area contributed by atoms with E-state index in [0.717, 1.165) is 37.3 Å². The second kappa shape index (κ2) is 10.0. The summed E-state index contributed by atoms with van der Waals surface area (Å²) in [5.41, 5.74) is 3.43. The molecule has 1 N–H and O–H groups in total. The van der Waals surface area contributed by atoms with Gasteiger partial charge in [0.2, 0.25) is 0 Å². The number of alkyl halides is 2. The second-order valence-corrected chi connectivity index (χ2v) is 9.63. The first-order valence-corrected chi connectivity index (χ1v) is 11.7. The molecule has 0 heterocycles. The Bertz CT molecular complexity index is 1010. The molecule has 0 spiro atoms. The molecule has 3 nitrogen and oxygen atoms in total. The van der Waals surface area contributed by atoms with Crippen LogP contribution in [-0.2, 0) is 17.1 Å². The number of rotatable bonds is 8. The molecule has 0 aromatic heterocycles. The molecule has 1 aliphatic carbocycles. The lowest BCUT2D eigenvalue weighted by Crippen LogP contribution is -2.15. The van der Waals surface area contributed by atoms with Gasteiger partial charge in [-0.05, 0) is 98.0 Å². The number of carboxylic acids is 1. The summed E-state index contributed by atoms with van der Waals surface area (Å²) < 4.78 is 35.5. The van der Waals surface area contributed by atoms with Gasteiger partial charge in [-0.1, -0.05) is 23.7 Å². The fourth-order valence-electron chi connectivity index (χ4n) is 3.82. The molecular formula is C23H21Br2ClF2O3. The van der Waals surface area contributed by atoms with E-state index in [0.29, 0.717) is 9.50 Å². The number of hydrogen-bond donors (Lipinski definition) is 1. The molecule has 3 rings (SSSR count). The predicted octanol–water partition coefficient (Wildman–Crippen LogP) is 8.01. The van der Waals surface area contributed by atoms with Gasteiger partial charge >= 0.3 is 5.97 Å². The maximum absolute atomic E-state index is 14.4. The highest BCUT2D eigenvalue weighted by Crippen LogP contribution is 2.45. The van der Waals surface area contributed by atoms with Gasteiger partial charge in [-0.25, -0.2) is 8.78 Å². The summed E-state index contributed by atoms with van der Waals surface area (Å²) in [7, 11) is 0. The summed E-state index contributed by atoms with van der Waals surface area (Å²) >= 11 is 12.7. The third-order valence-electron chi connectivity index (χ3n) is 5.22. The van der Waals surface area contributed by atoms with Gasteiger partial charge < -0.3 is 9.84 Å². The molecule has 0 saturated heterocycles. The van der Waals surface area contributed by atoms with Gasteiger partial charge in [-0.3, -0.25) is 4.79 Å². The first-order chi connectivity index (χ1) is 14.6. The van der Waals surface area contributed by atoms with Crippen molar-refractivity contribution in [1.82, 2.24) is 0 Å². The molecule has 0 saturated carbocycles. The van der Waals surface area contributed by atoms with Crippen LogP contribution in [-0.4, -0.2) is 17.7 Å². The average molecular weight is 579 g/mol. The standard InChI is InChI=1S/C23H21Br2ClF2O3/c1-23(27,28)20-14(7-10-19(29)30)11-18(24)22(21(20)25)31-12-15-3-2-4-17(15)13-5-8-16(26)9-6-13/h5-6,8-9,11H,2-4,7,10,12H2,1H3,(H,29,30). The van der Waals surface area contributed by atoms with Crippen LogP contribution in [0, 0.1) is 0 Å². The molecule has 0 atom stereocenters. The van der Waals surface area contributed by atoms with Crippen LogP contribution in [0.3, 0.4) is 0 Å². The highest BCUT2D eigenvalue weighted by Gasteiger charge is 2.33. The van der Waals surface area contributed by atoms with Gasteiger partial charge in [0.15, 0.2) is 0 Å². The number of carboxylic acid groups (broad SMARTS) is 1. The van der Waals surface area contributed by atoms with Crippen LogP contribution < -0.4 is 4.74 Å². The quantitative estimate of drug-likeness (QED) is 0.345. The number of allylic oxidation sites excluding steroid dienone is 1. The minimum absolute atomic E-state index is 0.00254. The number of aliphatic carboxylic acids is 1. The number of carbonyl (C=O) groups is 1. The van der Waals surface area contributed by atoms with Crippen LogP contribution in [0.15, 0.2) is 44.9 Å². The molecule has 1 aliphatic rings. The van der Waals surface area contributed by atoms with Gasteiger partial charge in [0, 0.05) is 23.9 Å². The summed E-state index contributed by atoms with van der Waals surface area (Å²) in [5, 5.41) is 9.62. The number of aryl methyl sites for hydroxylation is 1. The molecule has 0 fully saturated rings. The van der Waals surface area contributed by atoms with Crippen LogP contribution in [0.25, 0.3) is 5.57 Å².